The third kappa shape index (κ3) is 3.14. The second-order valence-electron chi connectivity index (χ2n) is 4.99. The topological polar surface area (TPSA) is 75.3 Å². The van der Waals surface area contributed by atoms with Crippen molar-refractivity contribution in [2.45, 2.75) is 17.9 Å². The zero-order valence-corrected chi connectivity index (χ0v) is 13.0. The molecular weight excluding hydrogens is 324 g/mol. The Morgan fingerprint density at radius 1 is 1.14 bits per heavy atom. The Morgan fingerprint density at radius 2 is 1.86 bits per heavy atom. The van der Waals surface area contributed by atoms with Crippen molar-refractivity contribution in [3.05, 3.63) is 58.6 Å². The van der Waals surface area contributed by atoms with Crippen LogP contribution in [0.3, 0.4) is 0 Å². The van der Waals surface area contributed by atoms with E-state index in [0.717, 1.165) is 16.8 Å². The lowest BCUT2D eigenvalue weighted by Gasteiger charge is -2.08. The van der Waals surface area contributed by atoms with Crippen LogP contribution in [0.4, 0.5) is 5.69 Å². The summed E-state index contributed by atoms with van der Waals surface area (Å²) in [5, 5.41) is 3.22. The van der Waals surface area contributed by atoms with E-state index in [1.807, 2.05) is 6.07 Å². The molecule has 1 heterocycles. The fourth-order valence-corrected chi connectivity index (χ4v) is 3.41. The Labute approximate surface area is 133 Å². The second kappa shape index (κ2) is 5.72. The van der Waals surface area contributed by atoms with Gasteiger partial charge in [-0.2, -0.15) is 0 Å². The van der Waals surface area contributed by atoms with Gasteiger partial charge in [-0.05, 0) is 41.5 Å². The first-order chi connectivity index (χ1) is 10.4. The lowest BCUT2D eigenvalue weighted by atomic mass is 10.1. The summed E-state index contributed by atoms with van der Waals surface area (Å²) >= 11 is 5.75. The van der Waals surface area contributed by atoms with Gasteiger partial charge in [-0.15, -0.1) is 0 Å². The molecule has 0 saturated carbocycles. The molecule has 5 nitrogen and oxygen atoms in total. The molecule has 0 unspecified atom stereocenters. The van der Waals surface area contributed by atoms with Gasteiger partial charge < -0.3 is 5.32 Å². The van der Waals surface area contributed by atoms with Crippen LogP contribution in [0, 0.1) is 0 Å². The predicted octanol–water partition coefficient (Wildman–Crippen LogP) is 2.31. The molecule has 7 heteroatoms. The van der Waals surface area contributed by atoms with Gasteiger partial charge in [-0.25, -0.2) is 13.1 Å². The van der Waals surface area contributed by atoms with Crippen molar-refractivity contribution in [1.29, 1.82) is 0 Å². The summed E-state index contributed by atoms with van der Waals surface area (Å²) in [6.45, 7) is 0.159. The predicted molar refractivity (Wildman–Crippen MR) is 84.3 cm³/mol. The number of hydrogen-bond donors (Lipinski definition) is 2. The minimum Gasteiger partial charge on any atom is -0.326 e. The van der Waals surface area contributed by atoms with Gasteiger partial charge in [0.05, 0.1) is 11.3 Å². The van der Waals surface area contributed by atoms with E-state index in [9.17, 15) is 13.2 Å². The molecule has 0 aromatic heterocycles. The fourth-order valence-electron chi connectivity index (χ4n) is 2.27. The van der Waals surface area contributed by atoms with E-state index in [2.05, 4.69) is 10.0 Å². The number of carbonyl (C=O) groups excluding carboxylic acids is 1. The van der Waals surface area contributed by atoms with Crippen LogP contribution >= 0.6 is 11.6 Å². The first-order valence-electron chi connectivity index (χ1n) is 6.61. The quantitative estimate of drug-likeness (QED) is 0.899. The Hall–Kier alpha value is -1.89. The number of anilines is 1. The summed E-state index contributed by atoms with van der Waals surface area (Å²) in [7, 11) is -3.59. The highest BCUT2D eigenvalue weighted by molar-refractivity contribution is 7.89. The van der Waals surface area contributed by atoms with E-state index in [1.54, 1.807) is 12.1 Å². The molecule has 2 N–H and O–H groups in total. The van der Waals surface area contributed by atoms with E-state index in [4.69, 9.17) is 11.6 Å². The summed E-state index contributed by atoms with van der Waals surface area (Å²) in [5.74, 6) is -0.0473. The smallest absolute Gasteiger partial charge is 0.240 e. The summed E-state index contributed by atoms with van der Waals surface area (Å²) < 4.78 is 26.9. The lowest BCUT2D eigenvalue weighted by Crippen LogP contribution is -2.23. The summed E-state index contributed by atoms with van der Waals surface area (Å²) in [4.78, 5) is 11.5. The van der Waals surface area contributed by atoms with E-state index in [1.165, 1.54) is 24.3 Å². The largest absolute Gasteiger partial charge is 0.326 e. The third-order valence-corrected chi connectivity index (χ3v) is 5.05. The van der Waals surface area contributed by atoms with E-state index >= 15 is 0 Å². The molecule has 114 valence electrons. The Balaban J connectivity index is 1.74. The van der Waals surface area contributed by atoms with Gasteiger partial charge in [0.1, 0.15) is 0 Å². The monoisotopic (exact) mass is 336 g/mol. The van der Waals surface area contributed by atoms with Crippen LogP contribution < -0.4 is 10.0 Å². The van der Waals surface area contributed by atoms with Crippen molar-refractivity contribution >= 4 is 33.2 Å². The molecule has 0 aliphatic carbocycles. The molecule has 1 aliphatic heterocycles. The molecule has 2 aromatic carbocycles. The first-order valence-corrected chi connectivity index (χ1v) is 8.47. The van der Waals surface area contributed by atoms with Crippen molar-refractivity contribution in [3.8, 4) is 0 Å². The second-order valence-corrected chi connectivity index (χ2v) is 7.20. The number of carbonyl (C=O) groups is 1. The first kappa shape index (κ1) is 15.0. The number of fused-ring (bicyclic) bond motifs is 1. The average Bonchev–Trinajstić information content (AvgIpc) is 2.85. The molecule has 0 saturated heterocycles. The van der Waals surface area contributed by atoms with Crippen LogP contribution in [-0.2, 0) is 27.8 Å². The Bertz CT molecular complexity index is 832. The van der Waals surface area contributed by atoms with Crippen LogP contribution in [-0.4, -0.2) is 14.3 Å². The molecule has 0 radical (unpaired) electrons. The molecule has 1 aliphatic rings. The molecule has 22 heavy (non-hydrogen) atoms. The van der Waals surface area contributed by atoms with Crippen molar-refractivity contribution in [1.82, 2.24) is 4.72 Å². The number of sulfonamides is 1. The number of amides is 1. The Morgan fingerprint density at radius 3 is 2.59 bits per heavy atom. The Kier molecular flexibility index (Phi) is 3.90. The van der Waals surface area contributed by atoms with Crippen LogP contribution in [0.1, 0.15) is 11.1 Å². The van der Waals surface area contributed by atoms with Gasteiger partial charge in [0.15, 0.2) is 0 Å². The summed E-state index contributed by atoms with van der Waals surface area (Å²) in [6.07, 6.45) is 0.326. The van der Waals surface area contributed by atoms with Crippen LogP contribution in [0.15, 0.2) is 47.4 Å². The minimum atomic E-state index is -3.59. The van der Waals surface area contributed by atoms with Gasteiger partial charge in [0.25, 0.3) is 0 Å². The normalized spacial score (nSPS) is 13.8. The maximum atomic E-state index is 12.2. The zero-order chi connectivity index (χ0) is 15.7. The fraction of sp³-hybridized carbons (Fsp3) is 0.133. The number of halogens is 1. The lowest BCUT2D eigenvalue weighted by molar-refractivity contribution is -0.115. The highest BCUT2D eigenvalue weighted by Gasteiger charge is 2.18. The molecule has 0 atom stereocenters. The van der Waals surface area contributed by atoms with Crippen LogP contribution in [0.25, 0.3) is 0 Å². The summed E-state index contributed by atoms with van der Waals surface area (Å²) in [6, 6.07) is 11.4. The zero-order valence-electron chi connectivity index (χ0n) is 11.5. The summed E-state index contributed by atoms with van der Waals surface area (Å²) in [5.41, 5.74) is 2.47. The molecule has 2 aromatic rings. The van der Waals surface area contributed by atoms with E-state index in [0.29, 0.717) is 11.4 Å². The molecular formula is C15H13ClN2O3S. The highest BCUT2D eigenvalue weighted by atomic mass is 35.5. The van der Waals surface area contributed by atoms with Crippen molar-refractivity contribution in [2.24, 2.45) is 0 Å². The number of benzene rings is 2. The molecule has 3 rings (SSSR count). The van der Waals surface area contributed by atoms with E-state index < -0.39 is 10.0 Å². The van der Waals surface area contributed by atoms with Gasteiger partial charge in [0, 0.05) is 17.3 Å². The maximum Gasteiger partial charge on any atom is 0.240 e. The van der Waals surface area contributed by atoms with Gasteiger partial charge >= 0.3 is 0 Å². The maximum absolute atomic E-state index is 12.2. The molecule has 0 spiro atoms. The van der Waals surface area contributed by atoms with Crippen molar-refractivity contribution in [3.63, 3.8) is 0 Å². The van der Waals surface area contributed by atoms with E-state index in [-0.39, 0.29) is 17.3 Å². The molecule has 1 amide bonds. The van der Waals surface area contributed by atoms with Gasteiger partial charge in [-0.3, -0.25) is 4.79 Å². The molecule has 0 fully saturated rings. The SMILES string of the molecule is O=C1Cc2cc(CNS(=O)(=O)c3ccc(Cl)cc3)ccc2N1. The van der Waals surface area contributed by atoms with Gasteiger partial charge in [-0.1, -0.05) is 23.7 Å². The highest BCUT2D eigenvalue weighted by Crippen LogP contribution is 2.24. The van der Waals surface area contributed by atoms with Crippen LogP contribution in [0.2, 0.25) is 5.02 Å². The average molecular weight is 337 g/mol. The van der Waals surface area contributed by atoms with Crippen molar-refractivity contribution in [2.75, 3.05) is 5.32 Å². The molecule has 0 bridgehead atoms. The standard InChI is InChI=1S/C15H13ClN2O3S/c16-12-2-4-13(5-3-12)22(20,21)17-9-10-1-6-14-11(7-10)8-15(19)18-14/h1-7,17H,8-9H2,(H,18,19). The van der Waals surface area contributed by atoms with Gasteiger partial charge in [0.2, 0.25) is 15.9 Å². The number of hydrogen-bond acceptors (Lipinski definition) is 3. The number of nitrogens with one attached hydrogen (secondary N) is 2. The minimum absolute atomic E-state index is 0.0473. The van der Waals surface area contributed by atoms with Crippen LogP contribution in [0.5, 0.6) is 0 Å². The van der Waals surface area contributed by atoms with Crippen molar-refractivity contribution < 1.29 is 13.2 Å². The third-order valence-electron chi connectivity index (χ3n) is 3.39. The number of rotatable bonds is 4.